The zero-order chi connectivity index (χ0) is 44.3. The zero-order valence-electron chi connectivity index (χ0n) is 37.7. The van der Waals surface area contributed by atoms with Crippen molar-refractivity contribution in [2.24, 2.45) is 10.9 Å². The van der Waals surface area contributed by atoms with E-state index in [1.165, 1.54) is 5.56 Å². The molecule has 63 heavy (non-hydrogen) atoms. The Hall–Kier alpha value is -5.03. The molecule has 1 aliphatic carbocycles. The lowest BCUT2D eigenvalue weighted by molar-refractivity contribution is -0.136. The van der Waals surface area contributed by atoms with Gasteiger partial charge in [-0.2, -0.15) is 0 Å². The number of ether oxygens (including phenoxy) is 2. The van der Waals surface area contributed by atoms with Crippen molar-refractivity contribution < 1.29 is 31.5 Å². The third kappa shape index (κ3) is 9.74. The number of fused-ring (bicyclic) bond motifs is 2. The van der Waals surface area contributed by atoms with Crippen LogP contribution in [0.4, 0.5) is 11.4 Å². The van der Waals surface area contributed by atoms with Gasteiger partial charge in [0, 0.05) is 97.7 Å². The van der Waals surface area contributed by atoms with Crippen LogP contribution in [0.5, 0.6) is 5.75 Å². The first-order valence-electron chi connectivity index (χ1n) is 23.4. The summed E-state index contributed by atoms with van der Waals surface area (Å²) in [4.78, 5) is 66.4. The highest BCUT2D eigenvalue weighted by Gasteiger charge is 2.45. The van der Waals surface area contributed by atoms with Crippen molar-refractivity contribution in [1.82, 2.24) is 35.7 Å². The highest BCUT2D eigenvalue weighted by Crippen LogP contribution is 2.42. The van der Waals surface area contributed by atoms with E-state index in [1.807, 2.05) is 39.8 Å². The van der Waals surface area contributed by atoms with Crippen LogP contribution in [0.15, 0.2) is 53.2 Å². The molecular weight excluding hydrogens is 801 g/mol. The lowest BCUT2D eigenvalue weighted by Crippen LogP contribution is -2.54. The predicted octanol–water partition coefficient (Wildman–Crippen LogP) is 4.61. The van der Waals surface area contributed by atoms with Gasteiger partial charge >= 0.3 is 0 Å². The zero-order valence-corrected chi connectivity index (χ0v) is 37.7. The van der Waals surface area contributed by atoms with Gasteiger partial charge < -0.3 is 34.9 Å². The highest BCUT2D eigenvalue weighted by atomic mass is 16.5. The van der Waals surface area contributed by atoms with Gasteiger partial charge in [-0.15, -0.1) is 0 Å². The number of carbonyl (C=O) groups is 4. The molecule has 7 aliphatic heterocycles. The van der Waals surface area contributed by atoms with E-state index in [0.717, 1.165) is 125 Å². The van der Waals surface area contributed by atoms with E-state index in [1.54, 1.807) is 12.1 Å². The van der Waals surface area contributed by atoms with Gasteiger partial charge in [0.25, 0.3) is 11.8 Å². The van der Waals surface area contributed by atoms with Crippen LogP contribution in [0.1, 0.15) is 108 Å². The summed E-state index contributed by atoms with van der Waals surface area (Å²) in [5, 5.41) is 5.77. The van der Waals surface area contributed by atoms with Gasteiger partial charge in [-0.3, -0.25) is 34.3 Å². The van der Waals surface area contributed by atoms with Crippen molar-refractivity contribution in [3.05, 3.63) is 64.9 Å². The molecule has 16 heteroatoms. The van der Waals surface area contributed by atoms with Crippen LogP contribution in [0, 0.1) is 5.92 Å². The number of hydrogen-bond donors (Lipinski definition) is 4. The molecule has 4 N–H and O–H groups in total. The molecule has 344 valence electrons. The summed E-state index contributed by atoms with van der Waals surface area (Å²) in [5.74, 6) is 0.618. The third-order valence-corrected chi connectivity index (χ3v) is 13.4. The van der Waals surface area contributed by atoms with Gasteiger partial charge in [0.05, 0.1) is 35.6 Å². The normalized spacial score (nSPS) is 25.9. The van der Waals surface area contributed by atoms with Crippen molar-refractivity contribution in [3.63, 3.8) is 0 Å². The number of amidine groups is 1. The molecule has 2 aromatic rings. The SMILES string of the molecule is CC.CC.CC1(Oc2ccc3c(c2)C(C2=CC(N4CCO[C@@H](CN5CCN(CC6CCN(c7ccc8c(c7)C(=O)N(C7CCC(=O)NC7=O)C8=O)CC6)CC5)C4)=NCN2)NN3)CC1.[HH].[HH]. The van der Waals surface area contributed by atoms with Gasteiger partial charge in [0.2, 0.25) is 11.8 Å². The molecule has 1 saturated carbocycles. The number of carbonyl (C=O) groups excluding carboxylic acids is 4. The molecule has 5 fully saturated rings. The number of rotatable bonds is 9. The van der Waals surface area contributed by atoms with Crippen LogP contribution in [-0.4, -0.2) is 146 Å². The number of benzene rings is 2. The van der Waals surface area contributed by atoms with E-state index < -0.39 is 23.8 Å². The second-order valence-corrected chi connectivity index (χ2v) is 17.6. The lowest BCUT2D eigenvalue weighted by Gasteiger charge is -2.41. The molecule has 10 rings (SSSR count). The van der Waals surface area contributed by atoms with Crippen LogP contribution < -0.4 is 31.1 Å². The largest absolute Gasteiger partial charge is 0.488 e. The molecule has 8 aliphatic rings. The van der Waals surface area contributed by atoms with Crippen LogP contribution in [0.2, 0.25) is 0 Å². The fraction of sp³-hybridized carbons (Fsp3) is 0.596. The molecule has 2 aromatic carbocycles. The van der Waals surface area contributed by atoms with E-state index in [0.29, 0.717) is 30.3 Å². The number of hydrazine groups is 1. The van der Waals surface area contributed by atoms with Gasteiger partial charge in [-0.1, -0.05) is 27.7 Å². The summed E-state index contributed by atoms with van der Waals surface area (Å²) in [6.45, 7) is 20.9. The summed E-state index contributed by atoms with van der Waals surface area (Å²) in [6.07, 6.45) is 6.89. The van der Waals surface area contributed by atoms with E-state index in [-0.39, 0.29) is 39.3 Å². The Kier molecular flexibility index (Phi) is 13.7. The molecule has 0 aromatic heterocycles. The topological polar surface area (TPSA) is 163 Å². The number of piperidine rings is 2. The smallest absolute Gasteiger partial charge is 0.262 e. The minimum atomic E-state index is -0.957. The first-order valence-corrected chi connectivity index (χ1v) is 23.4. The molecule has 4 amide bonds. The molecule has 2 unspecified atom stereocenters. The number of hydrogen-bond acceptors (Lipinski definition) is 14. The minimum Gasteiger partial charge on any atom is -0.488 e. The Balaban J connectivity index is 0.00000114. The maximum absolute atomic E-state index is 13.4. The van der Waals surface area contributed by atoms with E-state index in [9.17, 15) is 19.2 Å². The molecule has 3 atom stereocenters. The Morgan fingerprint density at radius 1 is 0.841 bits per heavy atom. The van der Waals surface area contributed by atoms with Gasteiger partial charge in [0.1, 0.15) is 29.9 Å². The average Bonchev–Trinajstić information content (AvgIpc) is 3.80. The number of aliphatic imine (C=N–C) groups is 1. The van der Waals surface area contributed by atoms with Crippen LogP contribution >= 0.6 is 0 Å². The van der Waals surface area contributed by atoms with Gasteiger partial charge in [-0.25, -0.2) is 10.4 Å². The molecule has 0 radical (unpaired) electrons. The fourth-order valence-corrected chi connectivity index (χ4v) is 9.69. The number of nitrogens with one attached hydrogen (secondary N) is 4. The van der Waals surface area contributed by atoms with Crippen molar-refractivity contribution in [2.45, 2.75) is 96.9 Å². The highest BCUT2D eigenvalue weighted by molar-refractivity contribution is 6.23. The maximum atomic E-state index is 13.4. The molecule has 0 spiro atoms. The first-order chi connectivity index (χ1) is 30.7. The van der Waals surface area contributed by atoms with Crippen molar-refractivity contribution >= 4 is 40.8 Å². The lowest BCUT2D eigenvalue weighted by atomic mass is 9.95. The third-order valence-electron chi connectivity index (χ3n) is 13.4. The summed E-state index contributed by atoms with van der Waals surface area (Å²) >= 11 is 0. The molecule has 7 heterocycles. The summed E-state index contributed by atoms with van der Waals surface area (Å²) in [6, 6.07) is 10.7. The monoisotopic (exact) mass is 871 g/mol. The number of nitrogens with zero attached hydrogens (tertiary/aromatic N) is 6. The standard InChI is InChI=1S/C43H54N10O6.2C2H6.2H2/c1-43(10-11-43)59-29-3-5-34-33(21-29)39(48-47-34)35-22-37(45-26-44-35)52-18-19-58-30(25-52)24-50-16-14-49(15-17-50)23-27-8-12-51(13-9-27)28-2-4-31-32(20-28)42(57)53(41(31)56)36-6-7-38(54)46-40(36)55;2*1-2;;/h2-5,20-22,27,30,36,39,44,47-48H,6-19,23-26H2,1H3,(H,46,54,55);2*1-2H3;2*1H/t30-,36?,39?;;;;/m0..../s1. The van der Waals surface area contributed by atoms with Gasteiger partial charge in [0.15, 0.2) is 0 Å². The second-order valence-electron chi connectivity index (χ2n) is 17.6. The second kappa shape index (κ2) is 19.4. The fourth-order valence-electron chi connectivity index (χ4n) is 9.69. The van der Waals surface area contributed by atoms with Gasteiger partial charge in [-0.05, 0) is 81.3 Å². The number of morpholine rings is 1. The quantitative estimate of drug-likeness (QED) is 0.259. The number of imide groups is 2. The van der Waals surface area contributed by atoms with E-state index in [4.69, 9.17) is 14.5 Å². The van der Waals surface area contributed by atoms with Crippen LogP contribution in [0.3, 0.4) is 0 Å². The Morgan fingerprint density at radius 2 is 1.57 bits per heavy atom. The van der Waals surface area contributed by atoms with Crippen molar-refractivity contribution in [2.75, 3.05) is 89.0 Å². The Labute approximate surface area is 374 Å². The summed E-state index contributed by atoms with van der Waals surface area (Å²) < 4.78 is 12.6. The summed E-state index contributed by atoms with van der Waals surface area (Å²) in [7, 11) is 0. The van der Waals surface area contributed by atoms with Crippen molar-refractivity contribution in [1.29, 1.82) is 0 Å². The number of amides is 4. The Morgan fingerprint density at radius 3 is 2.30 bits per heavy atom. The number of anilines is 2. The predicted molar refractivity (Wildman–Crippen MR) is 247 cm³/mol. The number of piperazine rings is 1. The first kappa shape index (κ1) is 44.6. The summed E-state index contributed by atoms with van der Waals surface area (Å²) in [5.41, 5.74) is 11.7. The average molecular weight is 871 g/mol. The molecule has 0 bridgehead atoms. The minimum absolute atomic E-state index is 0. The van der Waals surface area contributed by atoms with E-state index in [2.05, 4.69) is 66.2 Å². The van der Waals surface area contributed by atoms with Crippen LogP contribution in [-0.2, 0) is 14.3 Å². The molecule has 4 saturated heterocycles. The molecule has 16 nitrogen and oxygen atoms in total. The van der Waals surface area contributed by atoms with Crippen molar-refractivity contribution in [3.8, 4) is 5.75 Å². The molecular formula is C47H70N10O6. The van der Waals surface area contributed by atoms with Crippen LogP contribution in [0.25, 0.3) is 0 Å². The van der Waals surface area contributed by atoms with E-state index >= 15 is 0 Å². The Bertz CT molecular complexity index is 2100. The maximum Gasteiger partial charge on any atom is 0.262 e.